The van der Waals surface area contributed by atoms with E-state index in [2.05, 4.69) is 20.8 Å². The van der Waals surface area contributed by atoms with Gasteiger partial charge in [0.15, 0.2) is 0 Å². The molecule has 1 aliphatic heterocycles. The molecular weight excluding hydrogens is 355 g/mol. The van der Waals surface area contributed by atoms with Gasteiger partial charge in [0.25, 0.3) is 0 Å². The van der Waals surface area contributed by atoms with Gasteiger partial charge in [0.1, 0.15) is 10.9 Å². The first-order valence-electron chi connectivity index (χ1n) is 9.13. The van der Waals surface area contributed by atoms with Gasteiger partial charge in [-0.1, -0.05) is 34.1 Å². The lowest BCUT2D eigenvalue weighted by atomic mass is 9.91. The van der Waals surface area contributed by atoms with Crippen molar-refractivity contribution in [3.8, 4) is 0 Å². The van der Waals surface area contributed by atoms with Crippen molar-refractivity contribution in [3.05, 3.63) is 0 Å². The predicted octanol–water partition coefficient (Wildman–Crippen LogP) is 4.52. The second-order valence-electron chi connectivity index (χ2n) is 9.05. The van der Waals surface area contributed by atoms with E-state index in [-0.39, 0.29) is 18.1 Å². The molecule has 154 valence electrons. The molecule has 0 aliphatic carbocycles. The Bertz CT molecular complexity index is 547. The molecule has 0 bridgehead atoms. The summed E-state index contributed by atoms with van der Waals surface area (Å²) in [6.45, 7) is 13.9. The van der Waals surface area contributed by atoms with Crippen LogP contribution in [0.4, 0.5) is 4.79 Å². The molecule has 0 aromatic rings. The van der Waals surface area contributed by atoms with Gasteiger partial charge < -0.3 is 13.8 Å². The zero-order valence-electron chi connectivity index (χ0n) is 18.1. The summed E-state index contributed by atoms with van der Waals surface area (Å²) in [5.74, 6) is 0. The van der Waals surface area contributed by atoms with Crippen molar-refractivity contribution >= 4 is 13.7 Å². The summed E-state index contributed by atoms with van der Waals surface area (Å²) >= 11 is 0. The van der Waals surface area contributed by atoms with Crippen molar-refractivity contribution in [1.82, 2.24) is 9.80 Å². The number of hydrogen-bond acceptors (Lipinski definition) is 6. The Kier molecular flexibility index (Phi) is 7.01. The van der Waals surface area contributed by atoms with E-state index in [1.165, 1.54) is 14.2 Å². The molecule has 1 heterocycles. The number of likely N-dealkylation sites (N-methyl/N-ethyl adjacent to an activating group) is 1. The third-order valence-corrected chi connectivity index (χ3v) is 7.45. The molecule has 2 atom stereocenters. The first kappa shape index (κ1) is 23.4. The largest absolute Gasteiger partial charge is 0.444 e. The van der Waals surface area contributed by atoms with Crippen LogP contribution in [0.1, 0.15) is 61.3 Å². The van der Waals surface area contributed by atoms with E-state index >= 15 is 0 Å². The zero-order valence-corrected chi connectivity index (χ0v) is 19.0. The van der Waals surface area contributed by atoms with Gasteiger partial charge in [-0.05, 0) is 39.7 Å². The van der Waals surface area contributed by atoms with Crippen LogP contribution in [0.15, 0.2) is 0 Å². The van der Waals surface area contributed by atoms with Crippen LogP contribution in [-0.2, 0) is 18.3 Å². The number of nitrogens with zero attached hydrogens (tertiary/aromatic N) is 2. The van der Waals surface area contributed by atoms with E-state index in [0.717, 1.165) is 6.42 Å². The summed E-state index contributed by atoms with van der Waals surface area (Å²) < 4.78 is 30.0. The number of carbonyl (C=O) groups is 1. The minimum absolute atomic E-state index is 0.229. The standard InChI is InChI=1S/C18H37N2O5P/c1-11-12-18(26(22,23-9)24-10)13-20(15(21)25-17(5,6)7)14(19(18)8)16(2,3)4/h14H,11-13H2,1-10H3/t14-,18+/m1/s1. The summed E-state index contributed by atoms with van der Waals surface area (Å²) in [4.78, 5) is 16.6. The molecule has 0 saturated carbocycles. The Labute approximate surface area is 158 Å². The Balaban J connectivity index is 3.49. The van der Waals surface area contributed by atoms with Crippen molar-refractivity contribution in [1.29, 1.82) is 0 Å². The van der Waals surface area contributed by atoms with Gasteiger partial charge in [-0.2, -0.15) is 0 Å². The number of carbonyl (C=O) groups excluding carboxylic acids is 1. The fourth-order valence-electron chi connectivity index (χ4n) is 3.93. The minimum atomic E-state index is -3.49. The highest BCUT2D eigenvalue weighted by atomic mass is 31.2. The van der Waals surface area contributed by atoms with Gasteiger partial charge in [0.05, 0.1) is 12.7 Å². The normalized spacial score (nSPS) is 25.6. The number of rotatable bonds is 5. The SMILES string of the molecule is CCC[C@]1(P(=O)(OC)OC)CN(C(=O)OC(C)(C)C)[C@H](C(C)(C)C)N1C. The van der Waals surface area contributed by atoms with Crippen LogP contribution < -0.4 is 0 Å². The zero-order chi connectivity index (χ0) is 20.6. The molecular formula is C18H37N2O5P. The first-order valence-corrected chi connectivity index (χ1v) is 10.7. The second-order valence-corrected chi connectivity index (χ2v) is 11.6. The molecule has 26 heavy (non-hydrogen) atoms. The molecule has 0 unspecified atom stereocenters. The first-order chi connectivity index (χ1) is 11.7. The van der Waals surface area contributed by atoms with Crippen molar-refractivity contribution < 1.29 is 23.1 Å². The van der Waals surface area contributed by atoms with Gasteiger partial charge in [-0.3, -0.25) is 14.4 Å². The summed E-state index contributed by atoms with van der Waals surface area (Å²) in [5.41, 5.74) is -0.895. The van der Waals surface area contributed by atoms with Crippen LogP contribution in [0.2, 0.25) is 0 Å². The predicted molar refractivity (Wildman–Crippen MR) is 103 cm³/mol. The van der Waals surface area contributed by atoms with Crippen LogP contribution >= 0.6 is 7.60 Å². The molecule has 0 spiro atoms. The maximum Gasteiger partial charge on any atom is 0.411 e. The van der Waals surface area contributed by atoms with Crippen LogP contribution in [0, 0.1) is 5.41 Å². The highest BCUT2D eigenvalue weighted by molar-refractivity contribution is 7.55. The minimum Gasteiger partial charge on any atom is -0.444 e. The third-order valence-electron chi connectivity index (χ3n) is 4.79. The van der Waals surface area contributed by atoms with Crippen molar-refractivity contribution in [2.75, 3.05) is 27.8 Å². The highest BCUT2D eigenvalue weighted by Crippen LogP contribution is 2.65. The maximum absolute atomic E-state index is 13.5. The fraction of sp³-hybridized carbons (Fsp3) is 0.944. The van der Waals surface area contributed by atoms with E-state index < -0.39 is 24.6 Å². The van der Waals surface area contributed by atoms with E-state index in [1.807, 2.05) is 39.6 Å². The van der Waals surface area contributed by atoms with E-state index in [1.54, 1.807) is 4.90 Å². The molecule has 1 rings (SSSR count). The van der Waals surface area contributed by atoms with E-state index in [0.29, 0.717) is 6.42 Å². The van der Waals surface area contributed by atoms with Gasteiger partial charge in [0, 0.05) is 14.2 Å². The number of hydrogen-bond donors (Lipinski definition) is 0. The van der Waals surface area contributed by atoms with Gasteiger partial charge >= 0.3 is 13.7 Å². The summed E-state index contributed by atoms with van der Waals surface area (Å²) in [6.07, 6.45) is 0.637. The smallest absolute Gasteiger partial charge is 0.411 e. The Morgan fingerprint density at radius 2 is 1.65 bits per heavy atom. The quantitative estimate of drug-likeness (QED) is 0.641. The lowest BCUT2D eigenvalue weighted by molar-refractivity contribution is -0.00889. The molecule has 0 aromatic carbocycles. The van der Waals surface area contributed by atoms with Gasteiger partial charge in [0.2, 0.25) is 0 Å². The average molecular weight is 392 g/mol. The molecule has 1 aliphatic rings. The Morgan fingerprint density at radius 1 is 1.15 bits per heavy atom. The highest BCUT2D eigenvalue weighted by Gasteiger charge is 2.63. The molecule has 8 heteroatoms. The monoisotopic (exact) mass is 392 g/mol. The van der Waals surface area contributed by atoms with Gasteiger partial charge in [-0.25, -0.2) is 4.79 Å². The molecule has 0 aromatic heterocycles. The van der Waals surface area contributed by atoms with Crippen LogP contribution in [0.3, 0.4) is 0 Å². The number of ether oxygens (including phenoxy) is 1. The summed E-state index contributed by atoms with van der Waals surface area (Å²) in [6, 6.07) is 0. The van der Waals surface area contributed by atoms with Crippen molar-refractivity contribution in [2.45, 2.75) is 78.4 Å². The topological polar surface area (TPSA) is 68.3 Å². The summed E-state index contributed by atoms with van der Waals surface area (Å²) in [5, 5.41) is -0.917. The van der Waals surface area contributed by atoms with Crippen molar-refractivity contribution in [2.24, 2.45) is 5.41 Å². The fourth-order valence-corrected chi connectivity index (χ4v) is 6.08. The second kappa shape index (κ2) is 7.78. The Hall–Kier alpha value is -0.620. The van der Waals surface area contributed by atoms with Crippen LogP contribution in [-0.4, -0.2) is 60.8 Å². The molecule has 7 nitrogen and oxygen atoms in total. The lowest BCUT2D eigenvalue weighted by Gasteiger charge is -2.43. The Morgan fingerprint density at radius 3 is 2.00 bits per heavy atom. The van der Waals surface area contributed by atoms with Crippen LogP contribution in [0.5, 0.6) is 0 Å². The third kappa shape index (κ3) is 4.27. The lowest BCUT2D eigenvalue weighted by Crippen LogP contribution is -2.52. The summed E-state index contributed by atoms with van der Waals surface area (Å²) in [7, 11) is 1.20. The van der Waals surface area contributed by atoms with E-state index in [9.17, 15) is 9.36 Å². The molecule has 1 amide bonds. The number of amides is 1. The van der Waals surface area contributed by atoms with Crippen molar-refractivity contribution in [3.63, 3.8) is 0 Å². The average Bonchev–Trinajstić information content (AvgIpc) is 2.80. The van der Waals surface area contributed by atoms with Crippen LogP contribution in [0.25, 0.3) is 0 Å². The van der Waals surface area contributed by atoms with E-state index in [4.69, 9.17) is 13.8 Å². The molecule has 1 fully saturated rings. The molecule has 0 N–H and O–H groups in total. The van der Waals surface area contributed by atoms with Gasteiger partial charge in [-0.15, -0.1) is 0 Å². The molecule has 1 saturated heterocycles. The molecule has 0 radical (unpaired) electrons. The maximum atomic E-state index is 13.5.